The first-order valence-corrected chi connectivity index (χ1v) is 10.9. The van der Waals surface area contributed by atoms with Crippen molar-refractivity contribution in [2.45, 2.75) is 38.4 Å². The number of nitrogens with one attached hydrogen (secondary N) is 1. The molecule has 4 aromatic rings. The molecule has 8 heteroatoms. The highest BCUT2D eigenvalue weighted by Gasteiger charge is 2.17. The summed E-state index contributed by atoms with van der Waals surface area (Å²) in [4.78, 5) is 25.4. The summed E-state index contributed by atoms with van der Waals surface area (Å²) >= 11 is 1.30. The zero-order valence-electron chi connectivity index (χ0n) is 17.0. The fourth-order valence-electron chi connectivity index (χ4n) is 3.39. The summed E-state index contributed by atoms with van der Waals surface area (Å²) < 4.78 is 3.55. The molecule has 1 N–H and O–H groups in total. The average Bonchev–Trinajstić information content (AvgIpc) is 3.16. The van der Waals surface area contributed by atoms with Crippen molar-refractivity contribution < 1.29 is 4.79 Å². The molecule has 2 aromatic heterocycles. The first kappa shape index (κ1) is 20.2. The topological polar surface area (TPSA) is 81.3 Å². The highest BCUT2D eigenvalue weighted by molar-refractivity contribution is 7.99. The van der Waals surface area contributed by atoms with Crippen molar-refractivity contribution >= 4 is 40.0 Å². The van der Waals surface area contributed by atoms with Gasteiger partial charge in [-0.1, -0.05) is 49.4 Å². The largest absolute Gasteiger partial charge is 0.325 e. The quantitative estimate of drug-likeness (QED) is 0.458. The van der Waals surface area contributed by atoms with Gasteiger partial charge in [0.15, 0.2) is 5.16 Å². The van der Waals surface area contributed by atoms with Crippen molar-refractivity contribution in [3.05, 3.63) is 64.4 Å². The van der Waals surface area contributed by atoms with E-state index >= 15 is 0 Å². The lowest BCUT2D eigenvalue weighted by Crippen LogP contribution is -2.23. The Kier molecular flexibility index (Phi) is 5.85. The second-order valence-corrected chi connectivity index (χ2v) is 8.09. The number of rotatable bonds is 7. The molecule has 0 aliphatic rings. The molecule has 4 rings (SSSR count). The van der Waals surface area contributed by atoms with E-state index in [1.165, 1.54) is 11.8 Å². The van der Waals surface area contributed by atoms with Crippen LogP contribution in [0.4, 0.5) is 5.69 Å². The van der Waals surface area contributed by atoms with Crippen LogP contribution >= 0.6 is 11.8 Å². The second kappa shape index (κ2) is 8.71. The molecule has 0 fully saturated rings. The van der Waals surface area contributed by atoms with Gasteiger partial charge in [0, 0.05) is 12.2 Å². The van der Waals surface area contributed by atoms with Gasteiger partial charge in [0.1, 0.15) is 0 Å². The monoisotopic (exact) mass is 421 g/mol. The van der Waals surface area contributed by atoms with Gasteiger partial charge in [0.2, 0.25) is 11.7 Å². The van der Waals surface area contributed by atoms with Crippen molar-refractivity contribution in [3.63, 3.8) is 0 Å². The van der Waals surface area contributed by atoms with Crippen molar-refractivity contribution in [1.82, 2.24) is 19.2 Å². The molecule has 154 valence electrons. The standard InChI is InChI=1S/C22H23N5O2S/c1-3-4-12-26-20(29)17-10-5-6-11-18(17)27-21(26)24-25-22(27)30-14-19(28)23-16-9-7-8-15(2)13-16/h5-11,13H,3-4,12,14H2,1-2H3,(H,23,28). The number of amides is 1. The predicted molar refractivity (Wildman–Crippen MR) is 120 cm³/mol. The first-order valence-electron chi connectivity index (χ1n) is 9.94. The van der Waals surface area contributed by atoms with Gasteiger partial charge in [-0.25, -0.2) is 0 Å². The number of carbonyl (C=O) groups is 1. The number of thioether (sulfide) groups is 1. The normalized spacial score (nSPS) is 11.3. The molecule has 0 atom stereocenters. The molecule has 0 unspecified atom stereocenters. The van der Waals surface area contributed by atoms with Gasteiger partial charge in [-0.3, -0.25) is 18.6 Å². The van der Waals surface area contributed by atoms with E-state index in [-0.39, 0.29) is 17.2 Å². The summed E-state index contributed by atoms with van der Waals surface area (Å²) in [6.07, 6.45) is 1.85. The third-order valence-electron chi connectivity index (χ3n) is 4.85. The summed E-state index contributed by atoms with van der Waals surface area (Å²) in [5.74, 6) is 0.580. The van der Waals surface area contributed by atoms with Gasteiger partial charge < -0.3 is 5.32 Å². The van der Waals surface area contributed by atoms with E-state index in [1.54, 1.807) is 4.57 Å². The van der Waals surface area contributed by atoms with Crippen LogP contribution in [-0.2, 0) is 11.3 Å². The van der Waals surface area contributed by atoms with Crippen molar-refractivity contribution in [2.75, 3.05) is 11.1 Å². The number of fused-ring (bicyclic) bond motifs is 3. The van der Waals surface area contributed by atoms with Gasteiger partial charge >= 0.3 is 0 Å². The number of hydrogen-bond acceptors (Lipinski definition) is 5. The molecule has 0 radical (unpaired) electrons. The van der Waals surface area contributed by atoms with Crippen LogP contribution in [0.5, 0.6) is 0 Å². The highest BCUT2D eigenvalue weighted by Crippen LogP contribution is 2.22. The highest BCUT2D eigenvalue weighted by atomic mass is 32.2. The Morgan fingerprint density at radius 2 is 1.97 bits per heavy atom. The van der Waals surface area contributed by atoms with Crippen LogP contribution in [0.3, 0.4) is 0 Å². The molecule has 1 amide bonds. The van der Waals surface area contributed by atoms with Gasteiger partial charge in [-0.05, 0) is 43.2 Å². The first-order chi connectivity index (χ1) is 14.6. The van der Waals surface area contributed by atoms with E-state index in [9.17, 15) is 9.59 Å². The van der Waals surface area contributed by atoms with Crippen molar-refractivity contribution in [1.29, 1.82) is 0 Å². The zero-order valence-corrected chi connectivity index (χ0v) is 17.8. The lowest BCUT2D eigenvalue weighted by Gasteiger charge is -2.11. The maximum atomic E-state index is 13.0. The van der Waals surface area contributed by atoms with E-state index in [1.807, 2.05) is 59.9 Å². The molecule has 0 aliphatic heterocycles. The van der Waals surface area contributed by atoms with E-state index in [2.05, 4.69) is 22.4 Å². The molecule has 0 saturated carbocycles. The summed E-state index contributed by atoms with van der Waals surface area (Å²) in [5, 5.41) is 12.7. The molecule has 0 aliphatic carbocycles. The minimum Gasteiger partial charge on any atom is -0.325 e. The average molecular weight is 422 g/mol. The van der Waals surface area contributed by atoms with Crippen LogP contribution in [0.1, 0.15) is 25.3 Å². The Balaban J connectivity index is 1.65. The fraction of sp³-hybridized carbons (Fsp3) is 0.273. The maximum Gasteiger partial charge on any atom is 0.262 e. The van der Waals surface area contributed by atoms with Gasteiger partial charge in [-0.2, -0.15) is 0 Å². The minimum atomic E-state index is -0.119. The Morgan fingerprint density at radius 3 is 2.77 bits per heavy atom. The van der Waals surface area contributed by atoms with Gasteiger partial charge in [0.25, 0.3) is 5.56 Å². The summed E-state index contributed by atoms with van der Waals surface area (Å²) in [6, 6.07) is 15.1. The molecular weight excluding hydrogens is 398 g/mol. The fourth-order valence-corrected chi connectivity index (χ4v) is 4.13. The Labute approximate surface area is 178 Å². The van der Waals surface area contributed by atoms with E-state index in [0.29, 0.717) is 22.9 Å². The molecule has 0 spiro atoms. The van der Waals surface area contributed by atoms with Crippen LogP contribution in [-0.4, -0.2) is 30.8 Å². The van der Waals surface area contributed by atoms with E-state index in [0.717, 1.165) is 29.6 Å². The summed E-state index contributed by atoms with van der Waals surface area (Å²) in [7, 11) is 0. The Hall–Kier alpha value is -3.13. The SMILES string of the molecule is CCCCn1c(=O)c2ccccc2n2c(SCC(=O)Nc3cccc(C)c3)nnc12. The number of nitrogens with zero attached hydrogens (tertiary/aromatic N) is 4. The molecule has 30 heavy (non-hydrogen) atoms. The van der Waals surface area contributed by atoms with Crippen LogP contribution in [0.2, 0.25) is 0 Å². The summed E-state index contributed by atoms with van der Waals surface area (Å²) in [6.45, 7) is 4.65. The lowest BCUT2D eigenvalue weighted by atomic mass is 10.2. The predicted octanol–water partition coefficient (Wildman–Crippen LogP) is 3.88. The third kappa shape index (κ3) is 3.95. The molecule has 2 aromatic carbocycles. The zero-order chi connectivity index (χ0) is 21.1. The number of carbonyl (C=O) groups excluding carboxylic acids is 1. The van der Waals surface area contributed by atoms with Gasteiger partial charge in [0.05, 0.1) is 16.7 Å². The van der Waals surface area contributed by atoms with E-state index in [4.69, 9.17) is 0 Å². The number of aromatic nitrogens is 4. The Morgan fingerprint density at radius 1 is 1.13 bits per heavy atom. The molecular formula is C22H23N5O2S. The molecule has 7 nitrogen and oxygen atoms in total. The smallest absolute Gasteiger partial charge is 0.262 e. The van der Waals surface area contributed by atoms with Crippen molar-refractivity contribution in [2.24, 2.45) is 0 Å². The molecule has 0 saturated heterocycles. The van der Waals surface area contributed by atoms with Crippen molar-refractivity contribution in [3.8, 4) is 0 Å². The summed E-state index contributed by atoms with van der Waals surface area (Å²) in [5.41, 5.74) is 2.54. The number of benzene rings is 2. The lowest BCUT2D eigenvalue weighted by molar-refractivity contribution is -0.113. The number of anilines is 1. The number of aryl methyl sites for hydroxylation is 2. The van der Waals surface area contributed by atoms with Crippen LogP contribution in [0.25, 0.3) is 16.7 Å². The maximum absolute atomic E-state index is 13.0. The third-order valence-corrected chi connectivity index (χ3v) is 5.78. The van der Waals surface area contributed by atoms with Crippen LogP contribution < -0.4 is 10.9 Å². The molecule has 2 heterocycles. The van der Waals surface area contributed by atoms with Crippen LogP contribution in [0.15, 0.2) is 58.5 Å². The second-order valence-electron chi connectivity index (χ2n) is 7.15. The number of unbranched alkanes of at least 4 members (excludes halogenated alkanes) is 1. The Bertz CT molecular complexity index is 1280. The minimum absolute atomic E-state index is 0.0623. The number of hydrogen-bond donors (Lipinski definition) is 1. The van der Waals surface area contributed by atoms with Crippen LogP contribution in [0, 0.1) is 6.92 Å². The number of para-hydroxylation sites is 1. The van der Waals surface area contributed by atoms with Gasteiger partial charge in [-0.15, -0.1) is 10.2 Å². The molecule has 0 bridgehead atoms. The van der Waals surface area contributed by atoms with E-state index < -0.39 is 0 Å².